The van der Waals surface area contributed by atoms with Gasteiger partial charge in [-0.2, -0.15) is 0 Å². The zero-order valence-electron chi connectivity index (χ0n) is 13.6. The maximum atomic E-state index is 10.7. The summed E-state index contributed by atoms with van der Waals surface area (Å²) in [5.74, 6) is 2.35. The van der Waals surface area contributed by atoms with Crippen LogP contribution >= 0.6 is 0 Å². The van der Waals surface area contributed by atoms with Gasteiger partial charge in [-0.15, -0.1) is 0 Å². The van der Waals surface area contributed by atoms with Crippen molar-refractivity contribution < 1.29 is 9.84 Å². The molecule has 3 aliphatic heterocycles. The monoisotopic (exact) mass is 307 g/mol. The third-order valence-corrected chi connectivity index (χ3v) is 6.32. The zero-order valence-corrected chi connectivity index (χ0v) is 13.6. The molecule has 4 unspecified atom stereocenters. The van der Waals surface area contributed by atoms with E-state index in [0.29, 0.717) is 30.6 Å². The Morgan fingerprint density at radius 3 is 2.41 bits per heavy atom. The molecular weight excluding hydrogens is 278 g/mol. The fourth-order valence-electron chi connectivity index (χ4n) is 5.10. The highest BCUT2D eigenvalue weighted by atomic mass is 16.5. The Bertz CT molecular complexity index is 429. The van der Waals surface area contributed by atoms with Gasteiger partial charge in [0.25, 0.3) is 0 Å². The summed E-state index contributed by atoms with van der Waals surface area (Å²) in [4.78, 5) is 6.85. The lowest BCUT2D eigenvalue weighted by atomic mass is 9.82. The van der Waals surface area contributed by atoms with Gasteiger partial charge in [0.1, 0.15) is 0 Å². The van der Waals surface area contributed by atoms with Crippen molar-refractivity contribution in [2.75, 3.05) is 26.7 Å². The third kappa shape index (κ3) is 2.52. The quantitative estimate of drug-likeness (QED) is 0.597. The van der Waals surface area contributed by atoms with Gasteiger partial charge in [-0.1, -0.05) is 19.3 Å². The molecule has 1 saturated carbocycles. The van der Waals surface area contributed by atoms with Gasteiger partial charge in [-0.3, -0.25) is 4.99 Å². The van der Waals surface area contributed by atoms with Crippen LogP contribution in [0.1, 0.15) is 44.9 Å². The van der Waals surface area contributed by atoms with E-state index in [9.17, 15) is 5.11 Å². The summed E-state index contributed by atoms with van der Waals surface area (Å²) in [7, 11) is 1.85. The first-order valence-corrected chi connectivity index (χ1v) is 9.02. The summed E-state index contributed by atoms with van der Waals surface area (Å²) >= 11 is 0. The van der Waals surface area contributed by atoms with E-state index in [-0.39, 0.29) is 0 Å². The number of hydrogen-bond acceptors (Lipinski definition) is 3. The minimum Gasteiger partial charge on any atom is -0.388 e. The topological polar surface area (TPSA) is 57.1 Å². The van der Waals surface area contributed by atoms with Crippen LogP contribution in [0.5, 0.6) is 0 Å². The Balaban J connectivity index is 1.35. The molecule has 3 heterocycles. The van der Waals surface area contributed by atoms with E-state index in [4.69, 9.17) is 4.74 Å². The number of likely N-dealkylation sites (tertiary alicyclic amines) is 1. The molecular formula is C17H29N3O2. The van der Waals surface area contributed by atoms with Crippen LogP contribution in [-0.2, 0) is 4.74 Å². The van der Waals surface area contributed by atoms with E-state index < -0.39 is 5.60 Å². The smallest absolute Gasteiger partial charge is 0.193 e. The molecule has 2 bridgehead atoms. The summed E-state index contributed by atoms with van der Waals surface area (Å²) in [5.41, 5.74) is -0.536. The predicted molar refractivity (Wildman–Crippen MR) is 85.8 cm³/mol. The van der Waals surface area contributed by atoms with Crippen LogP contribution in [0.15, 0.2) is 4.99 Å². The second-order valence-corrected chi connectivity index (χ2v) is 7.71. The molecule has 0 aromatic heterocycles. The average molecular weight is 307 g/mol. The predicted octanol–water partition coefficient (Wildman–Crippen LogP) is 1.37. The number of nitrogens with one attached hydrogen (secondary N) is 1. The van der Waals surface area contributed by atoms with Crippen molar-refractivity contribution in [1.82, 2.24) is 10.2 Å². The molecule has 0 aromatic carbocycles. The van der Waals surface area contributed by atoms with Crippen molar-refractivity contribution in [3.05, 3.63) is 0 Å². The van der Waals surface area contributed by atoms with Crippen molar-refractivity contribution in [2.45, 2.75) is 62.8 Å². The Kier molecular flexibility index (Phi) is 3.81. The van der Waals surface area contributed by atoms with Crippen LogP contribution in [0.25, 0.3) is 0 Å². The zero-order chi connectivity index (χ0) is 15.2. The molecule has 4 atom stereocenters. The van der Waals surface area contributed by atoms with E-state index in [2.05, 4.69) is 15.2 Å². The minimum absolute atomic E-state index is 0.487. The first-order valence-electron chi connectivity index (χ1n) is 9.02. The van der Waals surface area contributed by atoms with Crippen LogP contribution < -0.4 is 5.32 Å². The van der Waals surface area contributed by atoms with E-state index in [1.165, 1.54) is 19.3 Å². The van der Waals surface area contributed by atoms with Gasteiger partial charge in [-0.25, -0.2) is 0 Å². The molecule has 0 radical (unpaired) electrons. The van der Waals surface area contributed by atoms with Crippen LogP contribution in [0, 0.1) is 11.8 Å². The van der Waals surface area contributed by atoms with Gasteiger partial charge in [0.15, 0.2) is 5.96 Å². The van der Waals surface area contributed by atoms with Gasteiger partial charge in [0, 0.05) is 38.5 Å². The van der Waals surface area contributed by atoms with Crippen molar-refractivity contribution in [3.8, 4) is 0 Å². The number of guanidine groups is 1. The first-order chi connectivity index (χ1) is 10.7. The van der Waals surface area contributed by atoms with Crippen molar-refractivity contribution in [3.63, 3.8) is 0 Å². The van der Waals surface area contributed by atoms with Crippen molar-refractivity contribution in [2.24, 2.45) is 16.8 Å². The normalized spacial score (nSPS) is 40.1. The minimum atomic E-state index is -0.536. The number of fused-ring (bicyclic) bond motifs is 5. The average Bonchev–Trinajstić information content (AvgIpc) is 3.21. The Labute approximate surface area is 133 Å². The molecule has 0 amide bonds. The fourth-order valence-corrected chi connectivity index (χ4v) is 5.10. The van der Waals surface area contributed by atoms with Gasteiger partial charge in [0.2, 0.25) is 0 Å². The number of ether oxygens (including phenoxy) is 1. The van der Waals surface area contributed by atoms with Gasteiger partial charge < -0.3 is 20.1 Å². The number of hydrogen-bond donors (Lipinski definition) is 2. The maximum absolute atomic E-state index is 10.7. The Morgan fingerprint density at radius 1 is 1.18 bits per heavy atom. The lowest BCUT2D eigenvalue weighted by molar-refractivity contribution is 0.00804. The van der Waals surface area contributed by atoms with Crippen molar-refractivity contribution in [1.29, 1.82) is 0 Å². The molecule has 124 valence electrons. The van der Waals surface area contributed by atoms with Crippen LogP contribution in [0.4, 0.5) is 0 Å². The van der Waals surface area contributed by atoms with E-state index in [1.54, 1.807) is 0 Å². The highest BCUT2D eigenvalue weighted by Gasteiger charge is 2.53. The summed E-state index contributed by atoms with van der Waals surface area (Å²) in [6, 6.07) is 0. The third-order valence-electron chi connectivity index (χ3n) is 6.32. The number of nitrogens with zero attached hydrogens (tertiary/aromatic N) is 2. The van der Waals surface area contributed by atoms with Gasteiger partial charge in [-0.05, 0) is 25.7 Å². The van der Waals surface area contributed by atoms with Gasteiger partial charge >= 0.3 is 0 Å². The molecule has 5 nitrogen and oxygen atoms in total. The SMILES string of the molecule is CN=C(NCC1(O)CCCCC1)N1CC2C3CCC(O3)C2C1. The molecule has 4 aliphatic rings. The van der Waals surface area contributed by atoms with Gasteiger partial charge in [0.05, 0.1) is 17.8 Å². The molecule has 2 N–H and O–H groups in total. The summed E-state index contributed by atoms with van der Waals surface area (Å²) in [6.07, 6.45) is 8.84. The highest BCUT2D eigenvalue weighted by molar-refractivity contribution is 5.80. The first kappa shape index (κ1) is 14.8. The standard InChI is InChI=1S/C17H29N3O2/c1-18-16(19-11-17(21)7-3-2-4-8-17)20-9-12-13(10-20)15-6-5-14(12)22-15/h12-15,21H,2-11H2,1H3,(H,18,19). The van der Waals surface area contributed by atoms with Crippen molar-refractivity contribution >= 4 is 5.96 Å². The summed E-state index contributed by atoms with van der Waals surface area (Å²) in [6.45, 7) is 2.75. The molecule has 4 rings (SSSR count). The molecule has 0 aromatic rings. The Hall–Kier alpha value is -0.810. The molecule has 3 saturated heterocycles. The van der Waals surface area contributed by atoms with E-state index >= 15 is 0 Å². The van der Waals surface area contributed by atoms with Crippen LogP contribution in [-0.4, -0.2) is 60.5 Å². The fraction of sp³-hybridized carbons (Fsp3) is 0.941. The summed E-state index contributed by atoms with van der Waals surface area (Å²) in [5, 5.41) is 14.1. The number of rotatable bonds is 2. The highest BCUT2D eigenvalue weighted by Crippen LogP contribution is 2.47. The molecule has 5 heteroatoms. The number of aliphatic hydroxyl groups is 1. The molecule has 22 heavy (non-hydrogen) atoms. The van der Waals surface area contributed by atoms with E-state index in [1.807, 2.05) is 7.05 Å². The lowest BCUT2D eigenvalue weighted by Crippen LogP contribution is -2.49. The maximum Gasteiger partial charge on any atom is 0.193 e. The molecule has 0 spiro atoms. The van der Waals surface area contributed by atoms with E-state index in [0.717, 1.165) is 44.7 Å². The summed E-state index contributed by atoms with van der Waals surface area (Å²) < 4.78 is 6.05. The van der Waals surface area contributed by atoms with Crippen LogP contribution in [0.2, 0.25) is 0 Å². The largest absolute Gasteiger partial charge is 0.388 e. The molecule has 4 fully saturated rings. The number of aliphatic imine (C=N–C) groups is 1. The molecule has 1 aliphatic carbocycles. The second-order valence-electron chi connectivity index (χ2n) is 7.71. The van der Waals surface area contributed by atoms with Crippen LogP contribution in [0.3, 0.4) is 0 Å². The lowest BCUT2D eigenvalue weighted by Gasteiger charge is -2.34. The second kappa shape index (κ2) is 5.68. The Morgan fingerprint density at radius 2 is 1.82 bits per heavy atom.